The molecule has 0 bridgehead atoms. The predicted octanol–water partition coefficient (Wildman–Crippen LogP) is 5.03. The third-order valence-corrected chi connectivity index (χ3v) is 4.87. The summed E-state index contributed by atoms with van der Waals surface area (Å²) >= 11 is 7.35. The molecule has 1 N–H and O–H groups in total. The van der Waals surface area contributed by atoms with Gasteiger partial charge < -0.3 is 10.1 Å². The molecule has 0 saturated carbocycles. The maximum atomic E-state index is 12.3. The van der Waals surface area contributed by atoms with E-state index in [0.717, 1.165) is 17.1 Å². The van der Waals surface area contributed by atoms with Gasteiger partial charge in [-0.2, -0.15) is 0 Å². The second-order valence-electron chi connectivity index (χ2n) is 5.66. The van der Waals surface area contributed by atoms with Gasteiger partial charge in [0, 0.05) is 10.6 Å². The van der Waals surface area contributed by atoms with Crippen LogP contribution in [0.1, 0.15) is 34.9 Å². The van der Waals surface area contributed by atoms with Crippen molar-refractivity contribution in [2.45, 2.75) is 20.8 Å². The van der Waals surface area contributed by atoms with Crippen molar-refractivity contribution < 1.29 is 9.53 Å². The van der Waals surface area contributed by atoms with Crippen LogP contribution < -0.4 is 5.32 Å². The molecule has 0 saturated heterocycles. The van der Waals surface area contributed by atoms with Crippen LogP contribution in [0.15, 0.2) is 66.4 Å². The number of hydrogen-bond donors (Lipinski definition) is 1. The minimum absolute atomic E-state index is 0.297. The molecule has 7 nitrogen and oxygen atoms in total. The van der Waals surface area contributed by atoms with Gasteiger partial charge in [0.25, 0.3) is 5.91 Å². The lowest BCUT2D eigenvalue weighted by Crippen LogP contribution is -2.13. The van der Waals surface area contributed by atoms with Gasteiger partial charge in [0.15, 0.2) is 5.82 Å². The smallest absolute Gasteiger partial charge is 0.270 e. The average molecular weight is 430 g/mol. The van der Waals surface area contributed by atoms with Gasteiger partial charge in [-0.15, -0.1) is 5.10 Å². The molecule has 2 heterocycles. The highest BCUT2D eigenvalue weighted by atomic mass is 35.5. The molecule has 1 amide bonds. The quantitative estimate of drug-likeness (QED) is 0.467. The Morgan fingerprint density at radius 3 is 2.59 bits per heavy atom. The van der Waals surface area contributed by atoms with Crippen LogP contribution in [-0.4, -0.2) is 25.5 Å². The molecule has 0 atom stereocenters. The van der Waals surface area contributed by atoms with Crippen LogP contribution in [0.25, 0.3) is 5.57 Å². The van der Waals surface area contributed by atoms with Crippen LogP contribution in [0, 0.1) is 6.92 Å². The summed E-state index contributed by atoms with van der Waals surface area (Å²) in [6.07, 6.45) is 9.46. The second-order valence-corrected chi connectivity index (χ2v) is 6.82. The fraction of sp³-hybridized carbons (Fsp3) is 0.150. The van der Waals surface area contributed by atoms with Crippen LogP contribution in [0.4, 0.5) is 5.82 Å². The number of nitrogens with zero attached hydrogens (tertiary/aromatic N) is 4. The summed E-state index contributed by atoms with van der Waals surface area (Å²) in [5.74, 6) is 0.594. The molecule has 9 heteroatoms. The number of aromatic nitrogens is 4. The fourth-order valence-corrected chi connectivity index (χ4v) is 2.99. The van der Waals surface area contributed by atoms with Crippen molar-refractivity contribution in [2.24, 2.45) is 0 Å². The summed E-state index contributed by atoms with van der Waals surface area (Å²) in [5, 5.41) is 6.89. The molecule has 0 radical (unpaired) electrons. The van der Waals surface area contributed by atoms with Gasteiger partial charge in [-0.1, -0.05) is 35.3 Å². The van der Waals surface area contributed by atoms with Crippen molar-refractivity contribution in [1.82, 2.24) is 19.6 Å². The molecule has 0 fully saturated rings. The Bertz CT molecular complexity index is 1010. The molecule has 2 aromatic heterocycles. The van der Waals surface area contributed by atoms with Crippen LogP contribution >= 0.6 is 23.1 Å². The second kappa shape index (κ2) is 10.4. The van der Waals surface area contributed by atoms with E-state index >= 15 is 0 Å². The lowest BCUT2D eigenvalue weighted by Gasteiger charge is -2.10. The number of rotatable bonds is 8. The van der Waals surface area contributed by atoms with Gasteiger partial charge in [-0.05, 0) is 50.0 Å². The number of ether oxygens (including phenoxy) is 1. The maximum absolute atomic E-state index is 12.3. The summed E-state index contributed by atoms with van der Waals surface area (Å²) in [6.45, 7) is 12.7. The van der Waals surface area contributed by atoms with Crippen LogP contribution in [0.2, 0.25) is 0 Å². The fourth-order valence-electron chi connectivity index (χ4n) is 2.29. The lowest BCUT2D eigenvalue weighted by molar-refractivity contribution is 0.102. The zero-order chi connectivity index (χ0) is 21.4. The van der Waals surface area contributed by atoms with Gasteiger partial charge in [0.05, 0.1) is 30.0 Å². The predicted molar refractivity (Wildman–Crippen MR) is 116 cm³/mol. The van der Waals surface area contributed by atoms with Crippen molar-refractivity contribution >= 4 is 40.4 Å². The lowest BCUT2D eigenvalue weighted by atomic mass is 10.1. The van der Waals surface area contributed by atoms with Gasteiger partial charge in [-0.25, -0.2) is 4.98 Å². The zero-order valence-corrected chi connectivity index (χ0v) is 17.8. The van der Waals surface area contributed by atoms with E-state index in [1.807, 2.05) is 26.0 Å². The topological polar surface area (TPSA) is 89.9 Å². The molecular formula is C20H20ClN5O2S. The van der Waals surface area contributed by atoms with E-state index < -0.39 is 0 Å². The molecule has 0 spiro atoms. The monoisotopic (exact) mass is 429 g/mol. The van der Waals surface area contributed by atoms with Crippen LogP contribution in [0.3, 0.4) is 0 Å². The van der Waals surface area contributed by atoms with E-state index in [1.165, 1.54) is 24.7 Å². The van der Waals surface area contributed by atoms with E-state index in [9.17, 15) is 4.79 Å². The van der Waals surface area contributed by atoms with Gasteiger partial charge in [0.2, 0.25) is 0 Å². The van der Waals surface area contributed by atoms with E-state index in [1.54, 1.807) is 6.92 Å². The number of halogens is 1. The first-order chi connectivity index (χ1) is 13.9. The first-order valence-electron chi connectivity index (χ1n) is 8.48. The van der Waals surface area contributed by atoms with E-state index in [0.29, 0.717) is 38.4 Å². The average Bonchev–Trinajstić information content (AvgIpc) is 3.16. The normalized spacial score (nSPS) is 12.8. The van der Waals surface area contributed by atoms with Crippen molar-refractivity contribution in [3.8, 4) is 0 Å². The van der Waals surface area contributed by atoms with Crippen LogP contribution in [-0.2, 0) is 4.74 Å². The number of hydrogen-bond acceptors (Lipinski definition) is 7. The maximum Gasteiger partial charge on any atom is 0.270 e. The SMILES string of the molecule is C=COC(=C\C)/C(C)=C/C(=C(/Cl)C=C)c1cnc(NC(=O)c2snnc2C)cn1. The zero-order valence-electron chi connectivity index (χ0n) is 16.3. The molecule has 0 aromatic carbocycles. The van der Waals surface area contributed by atoms with Crippen molar-refractivity contribution in [2.75, 3.05) is 5.32 Å². The Labute approximate surface area is 178 Å². The number of amides is 1. The Morgan fingerprint density at radius 2 is 2.07 bits per heavy atom. The number of aryl methyl sites for hydroxylation is 1. The molecular weight excluding hydrogens is 410 g/mol. The summed E-state index contributed by atoms with van der Waals surface area (Å²) in [6, 6.07) is 0. The first kappa shape index (κ1) is 22.2. The minimum Gasteiger partial charge on any atom is -0.466 e. The highest BCUT2D eigenvalue weighted by Crippen LogP contribution is 2.26. The third-order valence-electron chi connectivity index (χ3n) is 3.69. The van der Waals surface area contributed by atoms with Crippen molar-refractivity contribution in [3.05, 3.63) is 82.7 Å². The first-order valence-corrected chi connectivity index (χ1v) is 9.63. The molecule has 0 aliphatic carbocycles. The Kier molecular flexibility index (Phi) is 7.99. The number of carbonyl (C=O) groups excluding carboxylic acids is 1. The molecule has 0 aliphatic heterocycles. The summed E-state index contributed by atoms with van der Waals surface area (Å²) < 4.78 is 9.13. The number of anilines is 1. The highest BCUT2D eigenvalue weighted by molar-refractivity contribution is 7.08. The number of nitrogens with one attached hydrogen (secondary N) is 1. The highest BCUT2D eigenvalue weighted by Gasteiger charge is 2.15. The Hall–Kier alpha value is -3.10. The standard InChI is InChI=1S/C20H20ClN5O2S/c1-6-15(21)14(9-12(4)17(7-2)28-8-3)16-10-23-18(11-22-16)24-20(27)19-13(5)25-26-29-19/h6-11H,1,3H2,2,4-5H3,(H,23,24,27)/b12-9+,15-14-,17-7-. The molecule has 29 heavy (non-hydrogen) atoms. The molecule has 0 unspecified atom stereocenters. The molecule has 2 rings (SSSR count). The summed E-state index contributed by atoms with van der Waals surface area (Å²) in [5.41, 5.74) is 2.49. The Morgan fingerprint density at radius 1 is 1.31 bits per heavy atom. The van der Waals surface area contributed by atoms with Crippen molar-refractivity contribution in [3.63, 3.8) is 0 Å². The third kappa shape index (κ3) is 5.69. The number of allylic oxidation sites excluding steroid dienone is 6. The molecule has 0 aliphatic rings. The number of carbonyl (C=O) groups is 1. The Balaban J connectivity index is 2.30. The summed E-state index contributed by atoms with van der Waals surface area (Å²) in [4.78, 5) is 21.3. The van der Waals surface area contributed by atoms with E-state index in [4.69, 9.17) is 16.3 Å². The van der Waals surface area contributed by atoms with E-state index in [2.05, 4.69) is 38.0 Å². The van der Waals surface area contributed by atoms with Gasteiger partial charge in [0.1, 0.15) is 10.6 Å². The van der Waals surface area contributed by atoms with Gasteiger partial charge in [-0.3, -0.25) is 9.78 Å². The molecule has 150 valence electrons. The summed E-state index contributed by atoms with van der Waals surface area (Å²) in [7, 11) is 0. The minimum atomic E-state index is -0.338. The van der Waals surface area contributed by atoms with Gasteiger partial charge >= 0.3 is 0 Å². The largest absolute Gasteiger partial charge is 0.466 e. The molecule has 2 aromatic rings. The van der Waals surface area contributed by atoms with E-state index in [-0.39, 0.29) is 5.91 Å². The van der Waals surface area contributed by atoms with Crippen LogP contribution in [0.5, 0.6) is 0 Å². The van der Waals surface area contributed by atoms with Crippen molar-refractivity contribution in [1.29, 1.82) is 0 Å².